The third kappa shape index (κ3) is 4.66. The number of rotatable bonds is 7. The zero-order valence-corrected chi connectivity index (χ0v) is 13.7. The molecule has 0 aliphatic carbocycles. The second-order valence-electron chi connectivity index (χ2n) is 4.14. The topological polar surface area (TPSA) is 52.6 Å². The van der Waals surface area contributed by atoms with Crippen molar-refractivity contribution in [3.63, 3.8) is 0 Å². The first-order valence-electron chi connectivity index (χ1n) is 6.60. The van der Waals surface area contributed by atoms with Crippen molar-refractivity contribution in [1.29, 1.82) is 0 Å². The van der Waals surface area contributed by atoms with Crippen LogP contribution >= 0.6 is 0 Å². The summed E-state index contributed by atoms with van der Waals surface area (Å²) in [4.78, 5) is 23.6. The summed E-state index contributed by atoms with van der Waals surface area (Å²) < 4.78 is 11.0. The molecule has 2 atom stereocenters. The molecule has 0 saturated carbocycles. The molecule has 0 unspecified atom stereocenters. The number of carbonyl (C=O) groups excluding carboxylic acids is 2. The van der Waals surface area contributed by atoms with Crippen LogP contribution in [0.15, 0.2) is 30.3 Å². The Morgan fingerprint density at radius 1 is 1.15 bits per heavy atom. The molecule has 0 bridgehead atoms. The van der Waals surface area contributed by atoms with Crippen molar-refractivity contribution in [2.75, 3.05) is 13.7 Å². The average Bonchev–Trinajstić information content (AvgIpc) is 2.48. The van der Waals surface area contributed by atoms with E-state index in [0.29, 0.717) is 13.0 Å². The molecule has 0 heterocycles. The molecule has 1 aromatic rings. The van der Waals surface area contributed by atoms with Gasteiger partial charge in [-0.2, -0.15) is 0 Å². The first-order chi connectivity index (χ1) is 9.63. The number of benzene rings is 1. The van der Waals surface area contributed by atoms with Crippen molar-refractivity contribution in [3.8, 4) is 0 Å². The van der Waals surface area contributed by atoms with Gasteiger partial charge in [0, 0.05) is 0 Å². The number of esters is 2. The van der Waals surface area contributed by atoms with E-state index in [1.165, 1.54) is 7.11 Å². The van der Waals surface area contributed by atoms with Crippen molar-refractivity contribution in [2.24, 2.45) is 5.92 Å². The Morgan fingerprint density at radius 2 is 1.80 bits per heavy atom. The molecule has 110 valence electrons. The molecule has 0 aliphatic rings. The van der Waals surface area contributed by atoms with Crippen LogP contribution in [0, 0.1) is 5.92 Å². The summed E-state index contributed by atoms with van der Waals surface area (Å²) in [7, 11) is 1.35. The fraction of sp³-hybridized carbons (Fsp3) is 0.467. The van der Waals surface area contributed by atoms with Gasteiger partial charge < -0.3 is 0 Å². The van der Waals surface area contributed by atoms with E-state index in [0.717, 1.165) is 4.46 Å². The van der Waals surface area contributed by atoms with Crippen LogP contribution in [0.4, 0.5) is 0 Å². The van der Waals surface area contributed by atoms with Crippen molar-refractivity contribution < 1.29 is 19.1 Å². The normalized spacial score (nSPS) is 13.3. The zero-order valence-electron chi connectivity index (χ0n) is 12.0. The summed E-state index contributed by atoms with van der Waals surface area (Å²) in [5, 5.41) is 0. The molecule has 20 heavy (non-hydrogen) atoms. The summed E-state index contributed by atoms with van der Waals surface area (Å²) in [5.41, 5.74) is 0. The van der Waals surface area contributed by atoms with E-state index < -0.39 is 10.7 Å². The Balaban J connectivity index is 2.94. The van der Waals surface area contributed by atoms with Crippen LogP contribution in [0.2, 0.25) is 4.82 Å². The maximum absolute atomic E-state index is 12.2. The molecule has 4 nitrogen and oxygen atoms in total. The Labute approximate surface area is 126 Å². The standard InChI is InChI=1S/C15H20O4Se/c1-4-12(14(16)18-3)13(15(17)19-5-2)20-11-9-7-6-8-10-11/h6-10,12-13H,4-5H2,1-3H3/t12-,13+/m1/s1. The minimum absolute atomic E-state index is 0.164. The van der Waals surface area contributed by atoms with Crippen LogP contribution in [0.5, 0.6) is 0 Å². The van der Waals surface area contributed by atoms with E-state index in [-0.39, 0.29) is 26.9 Å². The Bertz CT molecular complexity index is 433. The van der Waals surface area contributed by atoms with Crippen molar-refractivity contribution >= 4 is 31.4 Å². The summed E-state index contributed by atoms with van der Waals surface area (Å²) >= 11 is -0.164. The predicted octanol–water partition coefficient (Wildman–Crippen LogP) is 1.57. The first kappa shape index (κ1) is 16.7. The second-order valence-corrected chi connectivity index (χ2v) is 6.69. The van der Waals surface area contributed by atoms with Gasteiger partial charge in [-0.25, -0.2) is 0 Å². The van der Waals surface area contributed by atoms with Gasteiger partial charge in [0.2, 0.25) is 0 Å². The average molecular weight is 343 g/mol. The summed E-state index contributed by atoms with van der Waals surface area (Å²) in [5.74, 6) is -1.10. The van der Waals surface area contributed by atoms with Gasteiger partial charge in [0.25, 0.3) is 0 Å². The summed E-state index contributed by atoms with van der Waals surface area (Å²) in [6, 6.07) is 9.72. The molecule has 0 aliphatic heterocycles. The molecule has 0 aromatic heterocycles. The number of carbonyl (C=O) groups is 2. The number of hydrogen-bond acceptors (Lipinski definition) is 4. The van der Waals surface area contributed by atoms with Crippen LogP contribution in [-0.2, 0) is 19.1 Å². The van der Waals surface area contributed by atoms with Crippen LogP contribution in [0.25, 0.3) is 0 Å². The molecule has 5 heteroatoms. The second kappa shape index (κ2) is 8.77. The van der Waals surface area contributed by atoms with Gasteiger partial charge in [-0.1, -0.05) is 0 Å². The monoisotopic (exact) mass is 344 g/mol. The Kier molecular flexibility index (Phi) is 7.34. The SMILES string of the molecule is CCOC(=O)[C@@H]([Se]c1ccccc1)[C@@H](CC)C(=O)OC. The molecule has 1 aromatic carbocycles. The molecule has 0 fully saturated rings. The molecule has 0 radical (unpaired) electrons. The zero-order chi connectivity index (χ0) is 15.0. The van der Waals surface area contributed by atoms with Gasteiger partial charge in [-0.05, 0) is 0 Å². The Hall–Kier alpha value is -1.32. The fourth-order valence-corrected chi connectivity index (χ4v) is 4.42. The van der Waals surface area contributed by atoms with Crippen LogP contribution in [-0.4, -0.2) is 40.6 Å². The molecule has 1 rings (SSSR count). The number of ether oxygens (including phenoxy) is 2. The Morgan fingerprint density at radius 3 is 2.30 bits per heavy atom. The minimum atomic E-state index is -0.445. The number of hydrogen-bond donors (Lipinski definition) is 0. The van der Waals surface area contributed by atoms with Crippen molar-refractivity contribution in [3.05, 3.63) is 30.3 Å². The molecular formula is C15H20O4Se. The van der Waals surface area contributed by atoms with E-state index >= 15 is 0 Å². The third-order valence-electron chi connectivity index (χ3n) is 2.83. The van der Waals surface area contributed by atoms with Gasteiger partial charge >= 0.3 is 125 Å². The van der Waals surface area contributed by atoms with E-state index in [2.05, 4.69) is 0 Å². The van der Waals surface area contributed by atoms with Gasteiger partial charge in [0.1, 0.15) is 0 Å². The molecule has 0 amide bonds. The molecule has 0 spiro atoms. The van der Waals surface area contributed by atoms with Crippen LogP contribution in [0.1, 0.15) is 20.3 Å². The van der Waals surface area contributed by atoms with Gasteiger partial charge in [0.15, 0.2) is 0 Å². The van der Waals surface area contributed by atoms with Gasteiger partial charge in [-0.15, -0.1) is 0 Å². The predicted molar refractivity (Wildman–Crippen MR) is 78.0 cm³/mol. The van der Waals surface area contributed by atoms with Crippen LogP contribution in [0.3, 0.4) is 0 Å². The first-order valence-corrected chi connectivity index (χ1v) is 8.44. The van der Waals surface area contributed by atoms with E-state index in [1.54, 1.807) is 6.92 Å². The van der Waals surface area contributed by atoms with E-state index in [1.807, 2.05) is 37.3 Å². The van der Waals surface area contributed by atoms with E-state index in [4.69, 9.17) is 9.47 Å². The summed E-state index contributed by atoms with van der Waals surface area (Å²) in [6.45, 7) is 3.97. The van der Waals surface area contributed by atoms with Crippen molar-refractivity contribution in [1.82, 2.24) is 0 Å². The number of methoxy groups -OCH3 is 1. The van der Waals surface area contributed by atoms with E-state index in [9.17, 15) is 9.59 Å². The third-order valence-corrected chi connectivity index (χ3v) is 5.60. The quantitative estimate of drug-likeness (QED) is 0.557. The molecule has 0 N–H and O–H groups in total. The van der Waals surface area contributed by atoms with Gasteiger partial charge in [0.05, 0.1) is 0 Å². The fourth-order valence-electron chi connectivity index (χ4n) is 1.82. The van der Waals surface area contributed by atoms with Gasteiger partial charge in [-0.3, -0.25) is 0 Å². The molecule has 0 saturated heterocycles. The maximum atomic E-state index is 12.2. The van der Waals surface area contributed by atoms with Crippen LogP contribution < -0.4 is 4.46 Å². The van der Waals surface area contributed by atoms with Crippen molar-refractivity contribution in [2.45, 2.75) is 25.1 Å². The molecular weight excluding hydrogens is 323 g/mol. The summed E-state index contributed by atoms with van der Waals surface area (Å²) in [6.07, 6.45) is 0.560.